The van der Waals surface area contributed by atoms with E-state index in [1.165, 1.54) is 24.3 Å². The average Bonchev–Trinajstić information content (AvgIpc) is 2.93. The standard InChI is InChI=1S/C15H12F4N2O4S/c16-9-3-1-8(2-4-9)7-24-14-21(25-13(23)15(17,18)19)10-5-6-20-12(22)11(10)26-14/h1-4,14H,5-7H2,(H,20,22). The third-order valence-electron chi connectivity index (χ3n) is 3.51. The van der Waals surface area contributed by atoms with E-state index in [4.69, 9.17) is 4.74 Å². The molecule has 2 heterocycles. The summed E-state index contributed by atoms with van der Waals surface area (Å²) in [6, 6.07) is 5.30. The van der Waals surface area contributed by atoms with Crippen molar-refractivity contribution in [3.05, 3.63) is 46.2 Å². The van der Waals surface area contributed by atoms with Crippen molar-refractivity contribution in [2.45, 2.75) is 24.8 Å². The van der Waals surface area contributed by atoms with Crippen LogP contribution in [-0.2, 0) is 25.8 Å². The first-order valence-corrected chi connectivity index (χ1v) is 8.26. The second kappa shape index (κ2) is 7.16. The zero-order valence-corrected chi connectivity index (χ0v) is 13.8. The summed E-state index contributed by atoms with van der Waals surface area (Å²) in [5.41, 5.74) is -0.455. The molecule has 0 saturated heterocycles. The minimum atomic E-state index is -5.19. The molecule has 1 aromatic rings. The second-order valence-electron chi connectivity index (χ2n) is 5.35. The molecular formula is C15H12F4N2O4S. The first kappa shape index (κ1) is 18.5. The quantitative estimate of drug-likeness (QED) is 0.794. The van der Waals surface area contributed by atoms with E-state index in [9.17, 15) is 27.2 Å². The molecule has 0 aliphatic carbocycles. The number of hydrogen-bond donors (Lipinski definition) is 1. The fourth-order valence-electron chi connectivity index (χ4n) is 2.32. The van der Waals surface area contributed by atoms with Crippen molar-refractivity contribution in [3.8, 4) is 0 Å². The maximum Gasteiger partial charge on any atom is 0.493 e. The Labute approximate surface area is 149 Å². The number of hydrogen-bond acceptors (Lipinski definition) is 6. The molecule has 140 valence electrons. The number of rotatable bonds is 4. The van der Waals surface area contributed by atoms with Crippen LogP contribution >= 0.6 is 11.8 Å². The van der Waals surface area contributed by atoms with Crippen molar-refractivity contribution in [2.75, 3.05) is 6.54 Å². The van der Waals surface area contributed by atoms with Gasteiger partial charge in [-0.15, -0.1) is 0 Å². The molecule has 1 N–H and O–H groups in total. The van der Waals surface area contributed by atoms with Crippen molar-refractivity contribution in [1.82, 2.24) is 10.4 Å². The summed E-state index contributed by atoms with van der Waals surface area (Å²) in [6.45, 7) is 0.114. The van der Waals surface area contributed by atoms with E-state index in [-0.39, 0.29) is 30.2 Å². The van der Waals surface area contributed by atoms with Crippen LogP contribution in [0.3, 0.4) is 0 Å². The molecule has 11 heteroatoms. The molecule has 0 fully saturated rings. The molecule has 3 rings (SSSR count). The van der Waals surface area contributed by atoms with Gasteiger partial charge in [-0.25, -0.2) is 9.18 Å². The van der Waals surface area contributed by atoms with Crippen molar-refractivity contribution in [1.29, 1.82) is 0 Å². The van der Waals surface area contributed by atoms with Crippen molar-refractivity contribution < 1.29 is 36.7 Å². The van der Waals surface area contributed by atoms with Gasteiger partial charge >= 0.3 is 12.1 Å². The van der Waals surface area contributed by atoms with E-state index in [1.54, 1.807) is 0 Å². The number of amides is 1. The smallest absolute Gasteiger partial charge is 0.351 e. The molecular weight excluding hydrogens is 380 g/mol. The molecule has 2 aliphatic heterocycles. The van der Waals surface area contributed by atoms with Gasteiger partial charge < -0.3 is 14.9 Å². The topological polar surface area (TPSA) is 67.9 Å². The maximum absolute atomic E-state index is 12.9. The summed E-state index contributed by atoms with van der Waals surface area (Å²) in [5, 5.41) is 3.23. The van der Waals surface area contributed by atoms with Gasteiger partial charge in [0.25, 0.3) is 5.91 Å². The third-order valence-corrected chi connectivity index (χ3v) is 4.70. The third kappa shape index (κ3) is 3.93. The number of halogens is 4. The summed E-state index contributed by atoms with van der Waals surface area (Å²) in [7, 11) is 0. The summed E-state index contributed by atoms with van der Waals surface area (Å²) >= 11 is 0.838. The summed E-state index contributed by atoms with van der Waals surface area (Å²) in [6.07, 6.45) is -5.00. The van der Waals surface area contributed by atoms with Gasteiger partial charge in [-0.05, 0) is 17.7 Å². The largest absolute Gasteiger partial charge is 0.493 e. The van der Waals surface area contributed by atoms with Gasteiger partial charge in [0.05, 0.1) is 17.2 Å². The molecule has 0 radical (unpaired) electrons. The Hall–Kier alpha value is -2.27. The highest BCUT2D eigenvalue weighted by Gasteiger charge is 2.47. The van der Waals surface area contributed by atoms with E-state index in [0.29, 0.717) is 10.6 Å². The first-order valence-electron chi connectivity index (χ1n) is 7.38. The number of benzene rings is 1. The lowest BCUT2D eigenvalue weighted by Crippen LogP contribution is -2.39. The van der Waals surface area contributed by atoms with E-state index in [2.05, 4.69) is 10.2 Å². The predicted octanol–water partition coefficient (Wildman–Crippen LogP) is 2.43. The van der Waals surface area contributed by atoms with Crippen LogP contribution in [0, 0.1) is 5.82 Å². The number of nitrogens with one attached hydrogen (secondary N) is 1. The number of alkyl halides is 3. The van der Waals surface area contributed by atoms with Gasteiger partial charge in [0, 0.05) is 13.0 Å². The summed E-state index contributed by atoms with van der Waals surface area (Å²) < 4.78 is 56.0. The number of hydroxylamine groups is 2. The zero-order chi connectivity index (χ0) is 18.9. The van der Waals surface area contributed by atoms with Crippen LogP contribution in [0.15, 0.2) is 34.9 Å². The van der Waals surface area contributed by atoms with Crippen molar-refractivity contribution in [2.24, 2.45) is 0 Å². The van der Waals surface area contributed by atoms with Crippen LogP contribution in [0.4, 0.5) is 17.6 Å². The van der Waals surface area contributed by atoms with E-state index in [0.717, 1.165) is 11.8 Å². The highest BCUT2D eigenvalue weighted by molar-refractivity contribution is 8.04. The SMILES string of the molecule is O=C1NCCC2=C1SC(OCc1ccc(F)cc1)N2OC(=O)C(F)(F)F. The Morgan fingerprint density at radius 2 is 2.00 bits per heavy atom. The lowest BCUT2D eigenvalue weighted by Gasteiger charge is -2.27. The van der Waals surface area contributed by atoms with E-state index >= 15 is 0 Å². The fraction of sp³-hybridized carbons (Fsp3) is 0.333. The lowest BCUT2D eigenvalue weighted by atomic mass is 10.2. The lowest BCUT2D eigenvalue weighted by molar-refractivity contribution is -0.249. The van der Waals surface area contributed by atoms with Crippen molar-refractivity contribution in [3.63, 3.8) is 0 Å². The average molecular weight is 392 g/mol. The fourth-order valence-corrected chi connectivity index (χ4v) is 3.43. The summed E-state index contributed by atoms with van der Waals surface area (Å²) in [5.74, 6) is -3.33. The van der Waals surface area contributed by atoms with Gasteiger partial charge in [-0.2, -0.15) is 18.2 Å². The Morgan fingerprint density at radius 1 is 1.31 bits per heavy atom. The van der Waals surface area contributed by atoms with E-state index in [1.807, 2.05) is 0 Å². The van der Waals surface area contributed by atoms with Crippen LogP contribution in [0.5, 0.6) is 0 Å². The molecule has 0 spiro atoms. The predicted molar refractivity (Wildman–Crippen MR) is 81.2 cm³/mol. The molecule has 0 saturated carbocycles. The van der Waals surface area contributed by atoms with Crippen LogP contribution in [0.25, 0.3) is 0 Å². The van der Waals surface area contributed by atoms with Crippen LogP contribution < -0.4 is 5.32 Å². The van der Waals surface area contributed by atoms with E-state index < -0.39 is 29.4 Å². The van der Waals surface area contributed by atoms with Crippen LogP contribution in [0.2, 0.25) is 0 Å². The Morgan fingerprint density at radius 3 is 2.65 bits per heavy atom. The molecule has 1 aromatic carbocycles. The van der Waals surface area contributed by atoms with Gasteiger partial charge in [0.1, 0.15) is 5.82 Å². The number of nitrogens with zero attached hydrogens (tertiary/aromatic N) is 1. The molecule has 1 amide bonds. The molecule has 1 atom stereocenters. The zero-order valence-electron chi connectivity index (χ0n) is 13.0. The Bertz CT molecular complexity index is 751. The second-order valence-corrected chi connectivity index (χ2v) is 6.39. The monoisotopic (exact) mass is 392 g/mol. The molecule has 2 aliphatic rings. The highest BCUT2D eigenvalue weighted by atomic mass is 32.2. The molecule has 26 heavy (non-hydrogen) atoms. The van der Waals surface area contributed by atoms with Crippen LogP contribution in [0.1, 0.15) is 12.0 Å². The van der Waals surface area contributed by atoms with Gasteiger partial charge in [-0.3, -0.25) is 4.79 Å². The Kier molecular flexibility index (Phi) is 5.10. The summed E-state index contributed by atoms with van der Waals surface area (Å²) in [4.78, 5) is 27.7. The first-order chi connectivity index (χ1) is 12.3. The van der Waals surface area contributed by atoms with Gasteiger partial charge in [0.15, 0.2) is 0 Å². The molecule has 1 unspecified atom stereocenters. The number of carbonyl (C=O) groups excluding carboxylic acids is 2. The van der Waals surface area contributed by atoms with Gasteiger partial charge in [0.2, 0.25) is 5.56 Å². The van der Waals surface area contributed by atoms with Crippen molar-refractivity contribution >= 4 is 23.6 Å². The minimum Gasteiger partial charge on any atom is -0.351 e. The minimum absolute atomic E-state index is 0.0831. The maximum atomic E-state index is 12.9. The normalized spacial score (nSPS) is 20.1. The number of thioether (sulfide) groups is 1. The number of carbonyl (C=O) groups is 2. The molecule has 0 bridgehead atoms. The molecule has 0 aromatic heterocycles. The van der Waals surface area contributed by atoms with Gasteiger partial charge in [-0.1, -0.05) is 23.9 Å². The molecule has 6 nitrogen and oxygen atoms in total. The Balaban J connectivity index is 1.75. The highest BCUT2D eigenvalue weighted by Crippen LogP contribution is 2.42. The van der Waals surface area contributed by atoms with Crippen LogP contribution in [-0.4, -0.2) is 35.2 Å². The number of ether oxygens (including phenoxy) is 1.